The van der Waals surface area contributed by atoms with Gasteiger partial charge in [-0.15, -0.1) is 0 Å². The van der Waals surface area contributed by atoms with Crippen LogP contribution in [-0.2, 0) is 19.4 Å². The zero-order valence-corrected chi connectivity index (χ0v) is 15.4. The Balaban J connectivity index is 1.87. The van der Waals surface area contributed by atoms with E-state index in [-0.39, 0.29) is 11.7 Å². The number of aromatic nitrogens is 2. The first-order valence-corrected chi connectivity index (χ1v) is 9.66. The van der Waals surface area contributed by atoms with Crippen LogP contribution in [0.15, 0.2) is 29.7 Å². The van der Waals surface area contributed by atoms with Crippen molar-refractivity contribution in [3.63, 3.8) is 0 Å². The smallest absolute Gasteiger partial charge is 0.167 e. The highest BCUT2D eigenvalue weighted by molar-refractivity contribution is 7.98. The van der Waals surface area contributed by atoms with Crippen LogP contribution in [0.25, 0.3) is 0 Å². The predicted octanol–water partition coefficient (Wildman–Crippen LogP) is 4.01. The van der Waals surface area contributed by atoms with Gasteiger partial charge < -0.3 is 9.30 Å². The molecule has 1 aromatic carbocycles. The fourth-order valence-corrected chi connectivity index (χ4v) is 4.06. The standard InChI is InChI=1S/C19H24N2O2S/c1-13(12-21-11-10-20-19(21)24-3)18(22)16-8-9-17(23-2)15-7-5-4-6-14(15)16/h8-11,13H,4-7,12H2,1-3H3. The third kappa shape index (κ3) is 3.22. The summed E-state index contributed by atoms with van der Waals surface area (Å²) in [6, 6.07) is 3.90. The number of carbonyl (C=O) groups excluding carboxylic acids is 1. The number of nitrogens with zero attached hydrogens (tertiary/aromatic N) is 2. The minimum absolute atomic E-state index is 0.0791. The lowest BCUT2D eigenvalue weighted by Gasteiger charge is -2.23. The average Bonchev–Trinajstić information content (AvgIpc) is 3.07. The Kier molecular flexibility index (Phi) is 5.29. The van der Waals surface area contributed by atoms with E-state index in [0.29, 0.717) is 6.54 Å². The van der Waals surface area contributed by atoms with Crippen molar-refractivity contribution in [2.75, 3.05) is 13.4 Å². The first kappa shape index (κ1) is 17.1. The molecule has 3 rings (SSSR count). The van der Waals surface area contributed by atoms with E-state index in [9.17, 15) is 4.79 Å². The molecule has 128 valence electrons. The van der Waals surface area contributed by atoms with Crippen molar-refractivity contribution < 1.29 is 9.53 Å². The van der Waals surface area contributed by atoms with Crippen LogP contribution < -0.4 is 4.74 Å². The quantitative estimate of drug-likeness (QED) is 0.587. The van der Waals surface area contributed by atoms with Gasteiger partial charge in [-0.05, 0) is 55.2 Å². The first-order chi connectivity index (χ1) is 11.7. The average molecular weight is 344 g/mol. The Morgan fingerprint density at radius 2 is 2.08 bits per heavy atom. The molecule has 1 aliphatic rings. The highest BCUT2D eigenvalue weighted by atomic mass is 32.2. The third-order valence-electron chi connectivity index (χ3n) is 4.76. The van der Waals surface area contributed by atoms with Gasteiger partial charge in [-0.3, -0.25) is 4.79 Å². The lowest BCUT2D eigenvalue weighted by molar-refractivity contribution is 0.0915. The molecule has 0 saturated heterocycles. The number of fused-ring (bicyclic) bond motifs is 1. The lowest BCUT2D eigenvalue weighted by Crippen LogP contribution is -2.21. The molecule has 0 aliphatic heterocycles. The van der Waals surface area contributed by atoms with Crippen LogP contribution in [-0.4, -0.2) is 28.7 Å². The van der Waals surface area contributed by atoms with Gasteiger partial charge >= 0.3 is 0 Å². The molecule has 0 amide bonds. The van der Waals surface area contributed by atoms with Gasteiger partial charge in [0.25, 0.3) is 0 Å². The first-order valence-electron chi connectivity index (χ1n) is 8.43. The van der Waals surface area contributed by atoms with Gasteiger partial charge in [0.1, 0.15) is 5.75 Å². The Labute approximate surface area is 147 Å². The summed E-state index contributed by atoms with van der Waals surface area (Å²) in [6.07, 6.45) is 10.0. The van der Waals surface area contributed by atoms with Crippen LogP contribution in [0.4, 0.5) is 0 Å². The number of hydrogen-bond donors (Lipinski definition) is 0. The molecule has 0 radical (unpaired) electrons. The van der Waals surface area contributed by atoms with Crippen LogP contribution in [0, 0.1) is 5.92 Å². The van der Waals surface area contributed by atoms with E-state index < -0.39 is 0 Å². The van der Waals surface area contributed by atoms with Crippen LogP contribution >= 0.6 is 11.8 Å². The maximum Gasteiger partial charge on any atom is 0.167 e. The number of methoxy groups -OCH3 is 1. The minimum Gasteiger partial charge on any atom is -0.496 e. The van der Waals surface area contributed by atoms with Gasteiger partial charge in [-0.2, -0.15) is 0 Å². The zero-order valence-electron chi connectivity index (χ0n) is 14.5. The molecule has 1 atom stereocenters. The maximum absolute atomic E-state index is 13.1. The molecule has 0 bridgehead atoms. The molecule has 1 unspecified atom stereocenters. The second kappa shape index (κ2) is 7.43. The molecule has 0 spiro atoms. The molecule has 4 nitrogen and oxygen atoms in total. The SMILES string of the molecule is COc1ccc(C(=O)C(C)Cn2ccnc2SC)c2c1CCCC2. The van der Waals surface area contributed by atoms with Crippen molar-refractivity contribution in [3.05, 3.63) is 41.2 Å². The summed E-state index contributed by atoms with van der Waals surface area (Å²) in [7, 11) is 1.71. The summed E-state index contributed by atoms with van der Waals surface area (Å²) in [5.41, 5.74) is 3.31. The topological polar surface area (TPSA) is 44.1 Å². The maximum atomic E-state index is 13.1. The molecule has 24 heavy (non-hydrogen) atoms. The molecule has 2 aromatic rings. The number of ketones is 1. The molecule has 1 aliphatic carbocycles. The van der Waals surface area contributed by atoms with Gasteiger partial charge in [-0.25, -0.2) is 4.98 Å². The molecule has 5 heteroatoms. The molecule has 1 heterocycles. The monoisotopic (exact) mass is 344 g/mol. The summed E-state index contributed by atoms with van der Waals surface area (Å²) in [5.74, 6) is 1.06. The normalized spacial score (nSPS) is 15.0. The summed E-state index contributed by atoms with van der Waals surface area (Å²) in [4.78, 5) is 17.4. The number of carbonyl (C=O) groups is 1. The zero-order chi connectivity index (χ0) is 17.1. The summed E-state index contributed by atoms with van der Waals surface area (Å²) >= 11 is 1.60. The van der Waals surface area contributed by atoms with Crippen LogP contribution in [0.5, 0.6) is 5.75 Å². The highest BCUT2D eigenvalue weighted by Gasteiger charge is 2.24. The van der Waals surface area contributed by atoms with Gasteiger partial charge in [0.2, 0.25) is 0 Å². The van der Waals surface area contributed by atoms with Gasteiger partial charge in [0.05, 0.1) is 7.11 Å². The van der Waals surface area contributed by atoms with Crippen LogP contribution in [0.2, 0.25) is 0 Å². The van der Waals surface area contributed by atoms with Crippen LogP contribution in [0.3, 0.4) is 0 Å². The van der Waals surface area contributed by atoms with E-state index >= 15 is 0 Å². The van der Waals surface area contributed by atoms with Crippen molar-refractivity contribution in [2.24, 2.45) is 5.92 Å². The van der Waals surface area contributed by atoms with Crippen LogP contribution in [0.1, 0.15) is 41.3 Å². The third-order valence-corrected chi connectivity index (χ3v) is 5.46. The summed E-state index contributed by atoms with van der Waals surface area (Å²) < 4.78 is 7.56. The number of imidazole rings is 1. The molecule has 0 saturated carbocycles. The van der Waals surface area contributed by atoms with E-state index in [4.69, 9.17) is 4.74 Å². The van der Waals surface area contributed by atoms with Crippen molar-refractivity contribution >= 4 is 17.5 Å². The van der Waals surface area contributed by atoms with E-state index in [0.717, 1.165) is 35.7 Å². The number of benzene rings is 1. The van der Waals surface area contributed by atoms with E-state index in [1.165, 1.54) is 17.5 Å². The number of hydrogen-bond acceptors (Lipinski definition) is 4. The van der Waals surface area contributed by atoms with Crippen molar-refractivity contribution in [1.29, 1.82) is 0 Å². The second-order valence-electron chi connectivity index (χ2n) is 6.31. The number of ether oxygens (including phenoxy) is 1. The number of rotatable bonds is 6. The molecule has 0 N–H and O–H groups in total. The summed E-state index contributed by atoms with van der Waals surface area (Å²) in [6.45, 7) is 2.67. The molecular formula is C19H24N2O2S. The lowest BCUT2D eigenvalue weighted by atomic mass is 9.84. The van der Waals surface area contributed by atoms with Gasteiger partial charge in [0, 0.05) is 30.4 Å². The largest absolute Gasteiger partial charge is 0.496 e. The van der Waals surface area contributed by atoms with Gasteiger partial charge in [-0.1, -0.05) is 18.7 Å². The number of thioether (sulfide) groups is 1. The minimum atomic E-state index is -0.0791. The Morgan fingerprint density at radius 1 is 1.33 bits per heavy atom. The Hall–Kier alpha value is -1.75. The Morgan fingerprint density at radius 3 is 2.79 bits per heavy atom. The van der Waals surface area contributed by atoms with E-state index in [1.807, 2.05) is 31.5 Å². The Bertz CT molecular complexity index is 739. The van der Waals surface area contributed by atoms with Crippen molar-refractivity contribution in [3.8, 4) is 5.75 Å². The summed E-state index contributed by atoms with van der Waals surface area (Å²) in [5, 5.41) is 0.950. The number of Topliss-reactive ketones (excluding diaryl/α,β-unsaturated/α-hetero) is 1. The van der Waals surface area contributed by atoms with E-state index in [2.05, 4.69) is 9.55 Å². The fourth-order valence-electron chi connectivity index (χ4n) is 3.52. The van der Waals surface area contributed by atoms with E-state index in [1.54, 1.807) is 25.1 Å². The predicted molar refractivity (Wildman–Crippen MR) is 97.1 cm³/mol. The van der Waals surface area contributed by atoms with Gasteiger partial charge in [0.15, 0.2) is 10.9 Å². The molecule has 1 aromatic heterocycles. The van der Waals surface area contributed by atoms with Crippen molar-refractivity contribution in [2.45, 2.75) is 44.3 Å². The second-order valence-corrected chi connectivity index (χ2v) is 7.08. The molecule has 0 fully saturated rings. The fraction of sp³-hybridized carbons (Fsp3) is 0.474. The highest BCUT2D eigenvalue weighted by Crippen LogP contribution is 2.33. The van der Waals surface area contributed by atoms with Crippen molar-refractivity contribution in [1.82, 2.24) is 9.55 Å². The molecular weight excluding hydrogens is 320 g/mol.